The highest BCUT2D eigenvalue weighted by molar-refractivity contribution is 7.47. The number of allylic oxidation sites excluding steroid dienone is 13. The van der Waals surface area contributed by atoms with E-state index in [2.05, 4.69) is 92.1 Å². The van der Waals surface area contributed by atoms with Crippen molar-refractivity contribution in [1.82, 2.24) is 5.32 Å². The topological polar surface area (TPSA) is 105 Å². The molecule has 0 heterocycles. The van der Waals surface area contributed by atoms with Gasteiger partial charge in [-0.1, -0.05) is 221 Å². The summed E-state index contributed by atoms with van der Waals surface area (Å²) in [4.78, 5) is 23.2. The maximum Gasteiger partial charge on any atom is 0.472 e. The number of nitrogens with one attached hydrogen (secondary N) is 1. The predicted molar refractivity (Wildman–Crippen MR) is 286 cm³/mol. The lowest BCUT2D eigenvalue weighted by molar-refractivity contribution is -0.870. The molecule has 8 nitrogen and oxygen atoms in total. The smallest absolute Gasteiger partial charge is 0.387 e. The third kappa shape index (κ3) is 49.6. The SMILES string of the molecule is CC/C=C\C/C=C\C/C=C\C/C=C\C/C=C\CCCCCCCCCCCCCCCCCC(=O)NC(COP(=O)(O)OCC[N+](C)(C)C)C(O)/C=C/CC/C=C/CCCCCCCCC. The summed E-state index contributed by atoms with van der Waals surface area (Å²) in [6.45, 7) is 4.66. The molecule has 0 bridgehead atoms. The molecule has 0 aliphatic carbocycles. The summed E-state index contributed by atoms with van der Waals surface area (Å²) in [7, 11) is 1.55. The van der Waals surface area contributed by atoms with Crippen LogP contribution >= 0.6 is 7.82 Å². The molecule has 0 spiro atoms. The molecule has 0 radical (unpaired) electrons. The van der Waals surface area contributed by atoms with E-state index in [1.807, 2.05) is 27.2 Å². The van der Waals surface area contributed by atoms with Gasteiger partial charge in [0, 0.05) is 6.42 Å². The fourth-order valence-corrected chi connectivity index (χ4v) is 8.11. The van der Waals surface area contributed by atoms with E-state index in [0.29, 0.717) is 17.4 Å². The van der Waals surface area contributed by atoms with Crippen molar-refractivity contribution in [3.63, 3.8) is 0 Å². The van der Waals surface area contributed by atoms with Gasteiger partial charge in [-0.2, -0.15) is 0 Å². The molecule has 0 aliphatic heterocycles. The number of hydrogen-bond acceptors (Lipinski definition) is 5. The summed E-state index contributed by atoms with van der Waals surface area (Å²) < 4.78 is 23.6. The van der Waals surface area contributed by atoms with Crippen LogP contribution < -0.4 is 5.32 Å². The van der Waals surface area contributed by atoms with Crippen molar-refractivity contribution in [2.75, 3.05) is 40.9 Å². The Labute approximate surface area is 407 Å². The van der Waals surface area contributed by atoms with Crippen molar-refractivity contribution in [1.29, 1.82) is 0 Å². The highest BCUT2D eigenvalue weighted by atomic mass is 31.2. The summed E-state index contributed by atoms with van der Waals surface area (Å²) in [5.74, 6) is -0.190. The Bertz CT molecular complexity index is 1350. The number of quaternary nitrogens is 1. The van der Waals surface area contributed by atoms with E-state index >= 15 is 0 Å². The van der Waals surface area contributed by atoms with E-state index in [1.165, 1.54) is 128 Å². The van der Waals surface area contributed by atoms with Crippen LogP contribution in [0.15, 0.2) is 85.1 Å². The van der Waals surface area contributed by atoms with Crippen LogP contribution in [0.2, 0.25) is 0 Å². The van der Waals surface area contributed by atoms with E-state index in [-0.39, 0.29) is 19.1 Å². The average Bonchev–Trinajstić information content (AvgIpc) is 3.28. The van der Waals surface area contributed by atoms with E-state index in [9.17, 15) is 19.4 Å². The first-order valence-corrected chi connectivity index (χ1v) is 28.5. The molecule has 0 aliphatic rings. The number of carbonyl (C=O) groups is 1. The third-order valence-electron chi connectivity index (χ3n) is 11.6. The Balaban J connectivity index is 4.13. The van der Waals surface area contributed by atoms with E-state index in [1.54, 1.807) is 6.08 Å². The zero-order chi connectivity index (χ0) is 48.5. The predicted octanol–water partition coefficient (Wildman–Crippen LogP) is 16.1. The van der Waals surface area contributed by atoms with Crippen molar-refractivity contribution >= 4 is 13.7 Å². The highest BCUT2D eigenvalue weighted by Crippen LogP contribution is 2.43. The van der Waals surface area contributed by atoms with Crippen LogP contribution in [-0.4, -0.2) is 73.4 Å². The molecule has 0 aromatic rings. The van der Waals surface area contributed by atoms with Gasteiger partial charge < -0.3 is 19.8 Å². The minimum Gasteiger partial charge on any atom is -0.387 e. The van der Waals surface area contributed by atoms with Crippen LogP contribution in [-0.2, 0) is 18.4 Å². The number of aliphatic hydroxyl groups is 1. The summed E-state index contributed by atoms with van der Waals surface area (Å²) in [6.07, 6.45) is 66.8. The van der Waals surface area contributed by atoms with Gasteiger partial charge in [0.15, 0.2) is 0 Å². The standard InChI is InChI=1S/C57H103N2O6P/c1-6-8-10-12-14-16-18-20-21-22-23-24-25-26-27-28-29-30-31-32-33-34-35-36-37-39-41-43-45-47-49-51-57(61)58-55(54-65-66(62,63)64-53-52-59(3,4)5)56(60)50-48-46-44-42-40-38-19-17-15-13-11-9-7-2/h8,10,14,16,20-21,23-24,26-27,40,42,48,50,55-56,60H,6-7,9,11-13,15,17-19,22,25,28-39,41,43-47,49,51-54H2,1-5H3,(H-,58,61,62,63)/p+1/b10-8-,16-14-,21-20-,24-23-,27-26-,42-40+,50-48+. The molecule has 66 heavy (non-hydrogen) atoms. The Morgan fingerprint density at radius 2 is 0.924 bits per heavy atom. The van der Waals surface area contributed by atoms with Gasteiger partial charge in [0.1, 0.15) is 13.2 Å². The van der Waals surface area contributed by atoms with Crippen LogP contribution in [0.25, 0.3) is 0 Å². The molecule has 0 saturated heterocycles. The molecule has 0 aromatic carbocycles. The lowest BCUT2D eigenvalue weighted by Gasteiger charge is -2.25. The van der Waals surface area contributed by atoms with Gasteiger partial charge in [-0.15, -0.1) is 0 Å². The summed E-state index contributed by atoms with van der Waals surface area (Å²) in [5.41, 5.74) is 0. The van der Waals surface area contributed by atoms with Gasteiger partial charge in [-0.05, 0) is 77.0 Å². The number of phosphoric acid groups is 1. The molecule has 3 N–H and O–H groups in total. The largest absolute Gasteiger partial charge is 0.472 e. The molecular formula is C57H104N2O6P+. The van der Waals surface area contributed by atoms with Crippen LogP contribution in [0.5, 0.6) is 0 Å². The van der Waals surface area contributed by atoms with Gasteiger partial charge in [0.05, 0.1) is 39.9 Å². The number of amides is 1. The van der Waals surface area contributed by atoms with Gasteiger partial charge in [0.25, 0.3) is 0 Å². The second kappa shape index (κ2) is 47.7. The Morgan fingerprint density at radius 3 is 1.39 bits per heavy atom. The summed E-state index contributed by atoms with van der Waals surface area (Å²) >= 11 is 0. The average molecular weight is 944 g/mol. The first-order valence-electron chi connectivity index (χ1n) is 27.0. The Morgan fingerprint density at radius 1 is 0.530 bits per heavy atom. The van der Waals surface area contributed by atoms with Crippen molar-refractivity contribution in [3.8, 4) is 0 Å². The number of likely N-dealkylation sites (N-methyl/N-ethyl adjacent to an activating group) is 1. The lowest BCUT2D eigenvalue weighted by atomic mass is 10.0. The number of unbranched alkanes of at least 4 members (excludes halogenated alkanes) is 23. The van der Waals surface area contributed by atoms with E-state index in [0.717, 1.165) is 70.6 Å². The van der Waals surface area contributed by atoms with Crippen molar-refractivity contribution in [2.24, 2.45) is 0 Å². The molecule has 1 amide bonds. The van der Waals surface area contributed by atoms with Gasteiger partial charge in [-0.25, -0.2) is 4.57 Å². The number of phosphoric ester groups is 1. The van der Waals surface area contributed by atoms with Crippen molar-refractivity contribution < 1.29 is 32.9 Å². The van der Waals surface area contributed by atoms with Crippen LogP contribution in [0.3, 0.4) is 0 Å². The molecule has 0 fully saturated rings. The molecule has 0 saturated carbocycles. The Kier molecular flexibility index (Phi) is 46.1. The molecule has 9 heteroatoms. The van der Waals surface area contributed by atoms with Gasteiger partial charge >= 0.3 is 7.82 Å². The summed E-state index contributed by atoms with van der Waals surface area (Å²) in [6, 6.07) is -0.866. The number of aliphatic hydroxyl groups excluding tert-OH is 1. The first kappa shape index (κ1) is 63.7. The normalized spacial score (nSPS) is 14.7. The molecule has 0 aromatic heterocycles. The fraction of sp³-hybridized carbons (Fsp3) is 0.737. The number of carbonyl (C=O) groups excluding carboxylic acids is 1. The first-order chi connectivity index (χ1) is 32.0. The Hall–Kier alpha value is -2.32. The second-order valence-electron chi connectivity index (χ2n) is 19.2. The zero-order valence-electron chi connectivity index (χ0n) is 43.4. The summed E-state index contributed by atoms with van der Waals surface area (Å²) in [5, 5.41) is 13.8. The third-order valence-corrected chi connectivity index (χ3v) is 12.6. The molecule has 0 rings (SSSR count). The van der Waals surface area contributed by atoms with E-state index in [4.69, 9.17) is 9.05 Å². The number of hydrogen-bond donors (Lipinski definition) is 3. The minimum absolute atomic E-state index is 0.0535. The molecule has 3 unspecified atom stereocenters. The maximum atomic E-state index is 12.9. The number of nitrogens with zero attached hydrogens (tertiary/aromatic N) is 1. The monoisotopic (exact) mass is 944 g/mol. The number of rotatable bonds is 48. The molecular weight excluding hydrogens is 840 g/mol. The lowest BCUT2D eigenvalue weighted by Crippen LogP contribution is -2.45. The zero-order valence-corrected chi connectivity index (χ0v) is 44.3. The van der Waals surface area contributed by atoms with Crippen LogP contribution in [0.4, 0.5) is 0 Å². The molecule has 3 atom stereocenters. The second-order valence-corrected chi connectivity index (χ2v) is 20.7. The fourth-order valence-electron chi connectivity index (χ4n) is 7.38. The maximum absolute atomic E-state index is 12.9. The highest BCUT2D eigenvalue weighted by Gasteiger charge is 2.27. The quantitative estimate of drug-likeness (QED) is 0.0243. The van der Waals surface area contributed by atoms with Gasteiger partial charge in [-0.3, -0.25) is 13.8 Å². The van der Waals surface area contributed by atoms with Crippen molar-refractivity contribution in [2.45, 2.75) is 231 Å². The molecule has 382 valence electrons. The van der Waals surface area contributed by atoms with Gasteiger partial charge in [0.2, 0.25) is 5.91 Å². The van der Waals surface area contributed by atoms with E-state index < -0.39 is 20.0 Å². The van der Waals surface area contributed by atoms with Crippen molar-refractivity contribution in [3.05, 3.63) is 85.1 Å². The van der Waals surface area contributed by atoms with Crippen LogP contribution in [0.1, 0.15) is 219 Å². The van der Waals surface area contributed by atoms with Crippen LogP contribution in [0, 0.1) is 0 Å². The minimum atomic E-state index is -4.35.